The number of aryl methyl sites for hydroxylation is 1. The minimum Gasteiger partial charge on any atom is -0.508 e. The minimum atomic E-state index is -2.17. The van der Waals surface area contributed by atoms with E-state index >= 15 is 0 Å². The summed E-state index contributed by atoms with van der Waals surface area (Å²) in [5, 5.41) is 101. The van der Waals surface area contributed by atoms with Gasteiger partial charge < -0.3 is 71.1 Å². The molecule has 3 saturated heterocycles. The van der Waals surface area contributed by atoms with E-state index in [0.717, 1.165) is 53.2 Å². The molecule has 3 fully saturated rings. The largest absolute Gasteiger partial charge is 0.508 e. The molecule has 0 bridgehead atoms. The number of hydrogen-bond donors (Lipinski definition) is 12. The number of rotatable bonds is 18. The molecule has 7 rings (SSSR count). The molecule has 0 radical (unpaired) electrons. The van der Waals surface area contributed by atoms with Crippen LogP contribution in [0.25, 0.3) is 22.3 Å². The number of quaternary nitrogens is 1. The zero-order chi connectivity index (χ0) is 63.6. The molecule has 0 aliphatic carbocycles. The summed E-state index contributed by atoms with van der Waals surface area (Å²) in [6.45, 7) is 5.73. The number of ketones is 1. The first-order valence-corrected chi connectivity index (χ1v) is 30.1. The van der Waals surface area contributed by atoms with Crippen LogP contribution in [0.1, 0.15) is 89.9 Å². The molecule has 4 aromatic carbocycles. The van der Waals surface area contributed by atoms with Gasteiger partial charge in [0, 0.05) is 60.2 Å². The molecule has 0 aromatic heterocycles. The maximum absolute atomic E-state index is 14.9. The number of phenolic OH excluding ortho intramolecular Hbond substituents is 1. The van der Waals surface area contributed by atoms with Crippen LogP contribution in [0.4, 0.5) is 5.69 Å². The lowest BCUT2D eigenvalue weighted by Gasteiger charge is -2.34. The molecule has 0 saturated carbocycles. The summed E-state index contributed by atoms with van der Waals surface area (Å²) >= 11 is 0. The monoisotopic (exact) mass is 1210 g/mol. The van der Waals surface area contributed by atoms with Crippen molar-refractivity contribution in [2.75, 3.05) is 47.3 Å². The molecule has 3 aliphatic rings. The van der Waals surface area contributed by atoms with Crippen LogP contribution < -0.4 is 21.3 Å². The van der Waals surface area contributed by atoms with Gasteiger partial charge in [-0.25, -0.2) is 0 Å². The lowest BCUT2D eigenvalue weighted by atomic mass is 9.86. The van der Waals surface area contributed by atoms with E-state index in [1.807, 2.05) is 45.4 Å². The zero-order valence-electron chi connectivity index (χ0n) is 50.6. The SMILES string of the molecule is CCCCCCc1ccc(-c2ccc(-c3ccc([N+](=O)[C@H]4C[C@@H](O)[C@@H](NCC[N+](C)(C)C)NC(=O)[C@@H]5[C@@H](O)[C@@H](C)CN5C(=O)[C@H]([C@@H](C)O)NC(=O)[C@H]([C@H](O)[C@@H](O)c5ccc(O)cc5)CC(=O)[C@@H]5C[C@@H](O)CN5C(=O)[C@H]([C@@H](C)O)NC4=O)cc3)cc2)cc1. The second kappa shape index (κ2) is 29.8. The number of nitrogens with one attached hydrogen (secondary N) is 4. The molecule has 472 valence electrons. The van der Waals surface area contributed by atoms with Gasteiger partial charge in [0.15, 0.2) is 5.78 Å². The first kappa shape index (κ1) is 67.4. The predicted molar refractivity (Wildman–Crippen MR) is 322 cm³/mol. The number of aliphatic hydroxyl groups is 7. The Hall–Kier alpha value is -7.06. The van der Waals surface area contributed by atoms with Crippen molar-refractivity contribution < 1.29 is 78.9 Å². The fourth-order valence-electron chi connectivity index (χ4n) is 11.6. The molecule has 23 nitrogen and oxygen atoms in total. The predicted octanol–water partition coefficient (Wildman–Crippen LogP) is 1.70. The fraction of sp³-hybridized carbons (Fsp3) is 0.531. The molecule has 0 spiro atoms. The summed E-state index contributed by atoms with van der Waals surface area (Å²) in [6.07, 6.45) is -10.3. The number of nitroso groups, excluding NO2 is 1. The standard InChI is InChI=1S/C64H86N8O15/c1-8-9-10-11-12-39-13-15-40(16-14-39)41-17-19-42(20-18-41)43-21-25-45(26-22-43)71(87)50-33-52(78)59(65-29-30-72(5,6)7)68-62(84)55-56(79)36(2)34-70(55)64(86)54(38(4)74)66-60(82)48(58(81)57(80)44-23-27-46(75)28-24-44)32-51(77)49-31-47(76)35-69(49)63(85)53(37(3)73)67-61(50)83/h13-28,36-38,47-50,52-59,65,73-74,76,78-81H,8-12,29-35H2,1-7H3,(H2-2,66,67,68,75,82,83,84)/p+2/t36-,37+,38+,47+,48-,49-,50-,52+,53-,54-,55-,56-,57-,58-,59-/m0/s1. The summed E-state index contributed by atoms with van der Waals surface area (Å²) in [6, 6.07) is 18.4. The molecule has 3 heterocycles. The second-order valence-corrected chi connectivity index (χ2v) is 24.8. The van der Waals surface area contributed by atoms with E-state index in [0.29, 0.717) is 21.4 Å². The highest BCUT2D eigenvalue weighted by Gasteiger charge is 2.51. The number of carbonyl (C=O) groups excluding carboxylic acids is 6. The Kier molecular flexibility index (Phi) is 23.1. The van der Waals surface area contributed by atoms with E-state index in [9.17, 15) is 74.5 Å². The molecule has 5 amide bonds. The Morgan fingerprint density at radius 2 is 1.21 bits per heavy atom. The van der Waals surface area contributed by atoms with E-state index in [1.165, 1.54) is 61.2 Å². The van der Waals surface area contributed by atoms with Crippen LogP contribution >= 0.6 is 0 Å². The summed E-state index contributed by atoms with van der Waals surface area (Å²) in [5.41, 5.74) is 4.76. The van der Waals surface area contributed by atoms with Crippen molar-refractivity contribution in [1.29, 1.82) is 0 Å². The maximum Gasteiger partial charge on any atom is 0.294 e. The topological polar surface area (TPSA) is 339 Å². The highest BCUT2D eigenvalue weighted by molar-refractivity contribution is 5.98. The first-order valence-electron chi connectivity index (χ1n) is 30.1. The highest BCUT2D eigenvalue weighted by Crippen LogP contribution is 2.33. The van der Waals surface area contributed by atoms with Crippen LogP contribution in [0.5, 0.6) is 5.75 Å². The van der Waals surface area contributed by atoms with Gasteiger partial charge >= 0.3 is 0 Å². The number of phenols is 1. The number of unbranched alkanes of at least 4 members (excludes halogenated alkanes) is 3. The maximum atomic E-state index is 14.9. The van der Waals surface area contributed by atoms with Crippen LogP contribution in [0.3, 0.4) is 0 Å². The van der Waals surface area contributed by atoms with Crippen molar-refractivity contribution in [3.63, 3.8) is 0 Å². The molecular weight excluding hydrogens is 1120 g/mol. The van der Waals surface area contributed by atoms with Crippen molar-refractivity contribution >= 4 is 41.0 Å². The normalized spacial score (nSPS) is 27.0. The Labute approximate surface area is 507 Å². The Morgan fingerprint density at radius 1 is 0.667 bits per heavy atom. The number of likely N-dealkylation sites (N-methyl/N-ethyl adjacent to an activating group) is 1. The van der Waals surface area contributed by atoms with Crippen molar-refractivity contribution in [3.05, 3.63) is 113 Å². The van der Waals surface area contributed by atoms with Gasteiger partial charge in [0.05, 0.1) is 82.7 Å². The Bertz CT molecular complexity index is 3010. The van der Waals surface area contributed by atoms with E-state index < -0.39 is 152 Å². The van der Waals surface area contributed by atoms with Gasteiger partial charge in [-0.3, -0.25) is 34.1 Å². The van der Waals surface area contributed by atoms with E-state index in [1.54, 1.807) is 19.1 Å². The smallest absolute Gasteiger partial charge is 0.294 e. The Morgan fingerprint density at radius 3 is 1.76 bits per heavy atom. The van der Waals surface area contributed by atoms with Crippen LogP contribution in [0, 0.1) is 16.7 Å². The molecule has 0 unspecified atom stereocenters. The van der Waals surface area contributed by atoms with Crippen LogP contribution in [0.2, 0.25) is 0 Å². The van der Waals surface area contributed by atoms with Gasteiger partial charge in [0.1, 0.15) is 36.1 Å². The minimum absolute atomic E-state index is 0.0165. The van der Waals surface area contributed by atoms with Gasteiger partial charge in [0.25, 0.3) is 17.6 Å². The third-order valence-corrected chi connectivity index (χ3v) is 16.9. The molecular formula is C64H88N8O15+2. The Balaban J connectivity index is 1.26. The highest BCUT2D eigenvalue weighted by atomic mass is 16.3. The molecule has 12 N–H and O–H groups in total. The number of aromatic hydroxyl groups is 1. The van der Waals surface area contributed by atoms with Crippen LogP contribution in [-0.2, 0) is 35.2 Å². The van der Waals surface area contributed by atoms with Gasteiger partial charge in [-0.1, -0.05) is 93.8 Å². The van der Waals surface area contributed by atoms with Gasteiger partial charge in [-0.2, -0.15) is 0 Å². The average molecular weight is 1210 g/mol. The number of amides is 5. The average Bonchev–Trinajstić information content (AvgIpc) is 1.96. The first-order chi connectivity index (χ1) is 41.2. The van der Waals surface area contributed by atoms with Crippen molar-refractivity contribution in [1.82, 2.24) is 31.1 Å². The zero-order valence-corrected chi connectivity index (χ0v) is 50.6. The molecule has 3 aliphatic heterocycles. The number of Topliss-reactive ketones (excluding diaryl/α,β-unsaturated/α-hetero) is 1. The van der Waals surface area contributed by atoms with Gasteiger partial charge in [-0.05, 0) is 84.3 Å². The fourth-order valence-corrected chi connectivity index (χ4v) is 11.6. The number of aliphatic hydroxyl groups excluding tert-OH is 7. The molecule has 87 heavy (non-hydrogen) atoms. The molecule has 4 aromatic rings. The number of hydrogen-bond acceptors (Lipinski definition) is 16. The summed E-state index contributed by atoms with van der Waals surface area (Å²) in [4.78, 5) is 105. The summed E-state index contributed by atoms with van der Waals surface area (Å²) in [5.74, 6) is -9.61. The van der Waals surface area contributed by atoms with Gasteiger partial charge in [-0.15, -0.1) is 0 Å². The van der Waals surface area contributed by atoms with Crippen molar-refractivity contribution in [2.24, 2.45) is 11.8 Å². The molecule has 15 atom stereocenters. The van der Waals surface area contributed by atoms with Crippen molar-refractivity contribution in [2.45, 2.75) is 158 Å². The summed E-state index contributed by atoms with van der Waals surface area (Å²) < 4.78 is 0.711. The third-order valence-electron chi connectivity index (χ3n) is 16.9. The lowest BCUT2D eigenvalue weighted by Crippen LogP contribution is -2.63. The van der Waals surface area contributed by atoms with Crippen molar-refractivity contribution in [3.8, 4) is 28.0 Å². The second-order valence-electron chi connectivity index (χ2n) is 24.8. The number of benzene rings is 4. The van der Waals surface area contributed by atoms with E-state index in [4.69, 9.17) is 0 Å². The number of carbonyl (C=O) groups is 6. The molecule has 23 heteroatoms. The quantitative estimate of drug-likeness (QED) is 0.0383. The third kappa shape index (κ3) is 17.0. The number of nitrogens with zero attached hydrogens (tertiary/aromatic N) is 4. The van der Waals surface area contributed by atoms with Gasteiger partial charge in [0.2, 0.25) is 23.6 Å². The number of fused-ring (bicyclic) bond motifs is 2. The summed E-state index contributed by atoms with van der Waals surface area (Å²) in [7, 11) is 5.66. The van der Waals surface area contributed by atoms with Crippen LogP contribution in [0.15, 0.2) is 97.1 Å². The van der Waals surface area contributed by atoms with E-state index in [-0.39, 0.29) is 30.1 Å². The van der Waals surface area contributed by atoms with Crippen LogP contribution in [-0.4, -0.2) is 216 Å². The van der Waals surface area contributed by atoms with E-state index in [2.05, 4.69) is 52.5 Å². The lowest BCUT2D eigenvalue weighted by molar-refractivity contribution is -0.869.